The zero-order valence-electron chi connectivity index (χ0n) is 11.0. The molecule has 0 heterocycles. The van der Waals surface area contributed by atoms with Crippen LogP contribution in [0.1, 0.15) is 44.7 Å². The predicted molar refractivity (Wildman–Crippen MR) is 70.0 cm³/mol. The number of hydrogen-bond donors (Lipinski definition) is 0. The topological polar surface area (TPSA) is 26.3 Å². The number of carbonyl (C=O) groups excluding carboxylic acids is 1. The number of rotatable bonds is 4. The Morgan fingerprint density at radius 3 is 2.29 bits per heavy atom. The molecule has 94 valence electrons. The van der Waals surface area contributed by atoms with Crippen LogP contribution in [0.25, 0.3) is 0 Å². The van der Waals surface area contributed by atoms with Crippen molar-refractivity contribution in [1.82, 2.24) is 0 Å². The average molecular weight is 234 g/mol. The van der Waals surface area contributed by atoms with Gasteiger partial charge in [0.05, 0.1) is 6.61 Å². The standard InChI is InChI=1S/C8H16O2.C7H6/c1-4-10-8(9)6-5-7(2)3;1-2-4-7-5-6(7)3-1/h7H,4-6H2,1-3H3;1-4H,5H2. The van der Waals surface area contributed by atoms with Crippen molar-refractivity contribution in [2.45, 2.75) is 40.0 Å². The van der Waals surface area contributed by atoms with Crippen LogP contribution < -0.4 is 0 Å². The fraction of sp³-hybridized carbons (Fsp3) is 0.533. The van der Waals surface area contributed by atoms with Gasteiger partial charge in [-0.1, -0.05) is 38.1 Å². The highest BCUT2D eigenvalue weighted by molar-refractivity contribution is 5.69. The molecule has 0 spiro atoms. The summed E-state index contributed by atoms with van der Waals surface area (Å²) in [6, 6.07) is 8.53. The maximum Gasteiger partial charge on any atom is 0.305 e. The molecule has 0 aromatic heterocycles. The highest BCUT2D eigenvalue weighted by Crippen LogP contribution is 2.25. The smallest absolute Gasteiger partial charge is 0.305 e. The normalized spacial score (nSPS) is 11.3. The van der Waals surface area contributed by atoms with Gasteiger partial charge >= 0.3 is 5.97 Å². The largest absolute Gasteiger partial charge is 0.466 e. The van der Waals surface area contributed by atoms with E-state index in [9.17, 15) is 4.79 Å². The molecule has 0 saturated carbocycles. The second-order valence-electron chi connectivity index (χ2n) is 4.68. The van der Waals surface area contributed by atoms with Crippen LogP contribution in [0.3, 0.4) is 0 Å². The molecule has 0 aliphatic heterocycles. The predicted octanol–water partition coefficient (Wildman–Crippen LogP) is 3.58. The average Bonchev–Trinajstić information content (AvgIpc) is 3.06. The van der Waals surface area contributed by atoms with Crippen LogP contribution in [0.2, 0.25) is 0 Å². The van der Waals surface area contributed by atoms with E-state index >= 15 is 0 Å². The fourth-order valence-electron chi connectivity index (χ4n) is 1.48. The van der Waals surface area contributed by atoms with E-state index in [1.165, 1.54) is 17.5 Å². The molecule has 2 nitrogen and oxygen atoms in total. The van der Waals surface area contributed by atoms with E-state index < -0.39 is 0 Å². The van der Waals surface area contributed by atoms with E-state index in [4.69, 9.17) is 4.74 Å². The molecule has 0 bridgehead atoms. The first kappa shape index (κ1) is 13.8. The van der Waals surface area contributed by atoms with E-state index in [0.717, 1.165) is 6.42 Å². The zero-order valence-corrected chi connectivity index (χ0v) is 11.0. The Kier molecular flexibility index (Phi) is 5.75. The molecule has 0 fully saturated rings. The summed E-state index contributed by atoms with van der Waals surface area (Å²) in [4.78, 5) is 10.7. The second kappa shape index (κ2) is 7.10. The van der Waals surface area contributed by atoms with Crippen molar-refractivity contribution < 1.29 is 9.53 Å². The van der Waals surface area contributed by atoms with Crippen LogP contribution in [-0.2, 0) is 16.0 Å². The van der Waals surface area contributed by atoms with Crippen molar-refractivity contribution in [3.63, 3.8) is 0 Å². The lowest BCUT2D eigenvalue weighted by Crippen LogP contribution is -2.04. The van der Waals surface area contributed by atoms with Gasteiger partial charge in [0.25, 0.3) is 0 Å². The minimum atomic E-state index is -0.0730. The molecule has 17 heavy (non-hydrogen) atoms. The third-order valence-electron chi connectivity index (χ3n) is 2.61. The third-order valence-corrected chi connectivity index (χ3v) is 2.61. The molecular weight excluding hydrogens is 212 g/mol. The first-order valence-corrected chi connectivity index (χ1v) is 6.35. The van der Waals surface area contributed by atoms with Gasteiger partial charge in [-0.15, -0.1) is 0 Å². The summed E-state index contributed by atoms with van der Waals surface area (Å²) in [5, 5.41) is 0. The number of esters is 1. The molecule has 0 N–H and O–H groups in total. The SMILES string of the molecule is CCOC(=O)CCC(C)C.c1ccc2c(c1)C2. The minimum Gasteiger partial charge on any atom is -0.466 e. The Labute approximate surface area is 104 Å². The molecular formula is C15H22O2. The minimum absolute atomic E-state index is 0.0730. The molecule has 2 rings (SSSR count). The monoisotopic (exact) mass is 234 g/mol. The first-order chi connectivity index (χ1) is 8.13. The summed E-state index contributed by atoms with van der Waals surface area (Å²) < 4.78 is 4.75. The van der Waals surface area contributed by atoms with Crippen molar-refractivity contribution in [2.24, 2.45) is 5.92 Å². The zero-order chi connectivity index (χ0) is 12.7. The van der Waals surface area contributed by atoms with Crippen LogP contribution in [-0.4, -0.2) is 12.6 Å². The van der Waals surface area contributed by atoms with E-state index in [2.05, 4.69) is 38.1 Å². The van der Waals surface area contributed by atoms with Crippen molar-refractivity contribution in [3.05, 3.63) is 35.4 Å². The van der Waals surface area contributed by atoms with Gasteiger partial charge < -0.3 is 4.74 Å². The molecule has 0 saturated heterocycles. The highest BCUT2D eigenvalue weighted by atomic mass is 16.5. The highest BCUT2D eigenvalue weighted by Gasteiger charge is 2.12. The molecule has 1 aromatic rings. The summed E-state index contributed by atoms with van der Waals surface area (Å²) in [6.07, 6.45) is 2.73. The third kappa shape index (κ3) is 6.10. The molecule has 1 aromatic carbocycles. The second-order valence-corrected chi connectivity index (χ2v) is 4.68. The first-order valence-electron chi connectivity index (χ1n) is 6.35. The summed E-state index contributed by atoms with van der Waals surface area (Å²) in [5.74, 6) is 0.514. The number of benzene rings is 1. The van der Waals surface area contributed by atoms with Crippen molar-refractivity contribution in [2.75, 3.05) is 6.61 Å². The van der Waals surface area contributed by atoms with Crippen LogP contribution in [0.5, 0.6) is 0 Å². The van der Waals surface area contributed by atoms with Gasteiger partial charge in [-0.3, -0.25) is 4.79 Å². The van der Waals surface area contributed by atoms with Crippen LogP contribution in [0.4, 0.5) is 0 Å². The summed E-state index contributed by atoms with van der Waals surface area (Å²) in [6.45, 7) is 6.52. The molecule has 0 radical (unpaired) electrons. The van der Waals surface area contributed by atoms with Crippen LogP contribution in [0, 0.1) is 5.92 Å². The molecule has 2 heteroatoms. The van der Waals surface area contributed by atoms with Crippen molar-refractivity contribution >= 4 is 5.97 Å². The van der Waals surface area contributed by atoms with Gasteiger partial charge in [-0.25, -0.2) is 0 Å². The van der Waals surface area contributed by atoms with Crippen LogP contribution >= 0.6 is 0 Å². The van der Waals surface area contributed by atoms with E-state index in [-0.39, 0.29) is 5.97 Å². The number of fused-ring (bicyclic) bond motifs is 1. The molecule has 0 atom stereocenters. The Balaban J connectivity index is 0.000000177. The molecule has 0 amide bonds. The fourth-order valence-corrected chi connectivity index (χ4v) is 1.48. The summed E-state index contributed by atoms with van der Waals surface area (Å²) >= 11 is 0. The van der Waals surface area contributed by atoms with Gasteiger partial charge in [0.2, 0.25) is 0 Å². The number of carbonyl (C=O) groups is 1. The maximum absolute atomic E-state index is 10.7. The van der Waals surface area contributed by atoms with Gasteiger partial charge in [0, 0.05) is 6.42 Å². The number of ether oxygens (including phenoxy) is 1. The molecule has 0 unspecified atom stereocenters. The lowest BCUT2D eigenvalue weighted by atomic mass is 10.1. The Hall–Kier alpha value is -1.31. The number of hydrogen-bond acceptors (Lipinski definition) is 2. The molecule has 1 aliphatic rings. The maximum atomic E-state index is 10.7. The Bertz CT molecular complexity index is 335. The molecule has 1 aliphatic carbocycles. The van der Waals surface area contributed by atoms with Crippen LogP contribution in [0.15, 0.2) is 24.3 Å². The van der Waals surface area contributed by atoms with Gasteiger partial charge in [-0.2, -0.15) is 0 Å². The van der Waals surface area contributed by atoms with Gasteiger partial charge in [-0.05, 0) is 36.8 Å². The van der Waals surface area contributed by atoms with Crippen molar-refractivity contribution in [3.8, 4) is 0 Å². The van der Waals surface area contributed by atoms with E-state index in [0.29, 0.717) is 18.9 Å². The van der Waals surface area contributed by atoms with Gasteiger partial charge in [0.15, 0.2) is 0 Å². The van der Waals surface area contributed by atoms with Crippen molar-refractivity contribution in [1.29, 1.82) is 0 Å². The summed E-state index contributed by atoms with van der Waals surface area (Å²) in [5.41, 5.74) is 3.06. The summed E-state index contributed by atoms with van der Waals surface area (Å²) in [7, 11) is 0. The Morgan fingerprint density at radius 2 is 1.88 bits per heavy atom. The van der Waals surface area contributed by atoms with E-state index in [1.807, 2.05) is 6.92 Å². The van der Waals surface area contributed by atoms with Gasteiger partial charge in [0.1, 0.15) is 0 Å². The lowest BCUT2D eigenvalue weighted by molar-refractivity contribution is -0.143. The Morgan fingerprint density at radius 1 is 1.29 bits per heavy atom. The van der Waals surface area contributed by atoms with E-state index in [1.54, 1.807) is 0 Å². The quantitative estimate of drug-likeness (QED) is 0.756. The lowest BCUT2D eigenvalue weighted by Gasteiger charge is -2.03.